The molecule has 3 aromatic rings. The zero-order valence-corrected chi connectivity index (χ0v) is 19.1. The highest BCUT2D eigenvalue weighted by molar-refractivity contribution is 5.90. The molecule has 0 bridgehead atoms. The highest BCUT2D eigenvalue weighted by atomic mass is 19.1. The van der Waals surface area contributed by atoms with E-state index in [1.807, 2.05) is 0 Å². The lowest BCUT2D eigenvalue weighted by Crippen LogP contribution is -2.34. The number of ether oxygens (including phenoxy) is 3. The fourth-order valence-corrected chi connectivity index (χ4v) is 3.63. The summed E-state index contributed by atoms with van der Waals surface area (Å²) < 4.78 is 32.1. The molecule has 0 unspecified atom stereocenters. The first-order valence-corrected chi connectivity index (χ1v) is 10.7. The fraction of sp³-hybridized carbons (Fsp3) is 0.348. The lowest BCUT2D eigenvalue weighted by Gasteiger charge is -2.14. The Kier molecular flexibility index (Phi) is 6.71. The maximum absolute atomic E-state index is 13.3. The molecule has 4 rings (SSSR count). The van der Waals surface area contributed by atoms with Gasteiger partial charge >= 0.3 is 11.7 Å². The predicted octanol–water partition coefficient (Wildman–Crippen LogP) is 3.03. The zero-order chi connectivity index (χ0) is 24.2. The van der Waals surface area contributed by atoms with Gasteiger partial charge in [-0.3, -0.25) is 4.57 Å². The van der Waals surface area contributed by atoms with E-state index < -0.39 is 6.03 Å². The number of aromatic nitrogens is 3. The number of nitrogens with one attached hydrogen (secondary N) is 2. The topological polar surface area (TPSA) is 109 Å². The van der Waals surface area contributed by atoms with Crippen LogP contribution in [-0.2, 0) is 6.54 Å². The van der Waals surface area contributed by atoms with Gasteiger partial charge in [0.25, 0.3) is 0 Å². The highest BCUT2D eigenvalue weighted by Gasteiger charge is 2.30. The number of anilines is 1. The van der Waals surface area contributed by atoms with E-state index in [-0.39, 0.29) is 30.6 Å². The van der Waals surface area contributed by atoms with Crippen LogP contribution in [0.25, 0.3) is 11.4 Å². The van der Waals surface area contributed by atoms with Crippen molar-refractivity contribution < 1.29 is 23.4 Å². The Morgan fingerprint density at radius 3 is 2.29 bits per heavy atom. The third kappa shape index (κ3) is 4.82. The van der Waals surface area contributed by atoms with Crippen molar-refractivity contribution in [2.24, 2.45) is 0 Å². The molecule has 1 saturated carbocycles. The number of amides is 2. The van der Waals surface area contributed by atoms with E-state index in [2.05, 4.69) is 15.7 Å². The minimum Gasteiger partial charge on any atom is -0.493 e. The van der Waals surface area contributed by atoms with E-state index in [0.717, 1.165) is 12.8 Å². The second kappa shape index (κ2) is 9.86. The third-order valence-electron chi connectivity index (χ3n) is 5.42. The Hall–Kier alpha value is -4.02. The molecular formula is C23H26FN5O5. The molecule has 0 saturated heterocycles. The Morgan fingerprint density at radius 1 is 1.09 bits per heavy atom. The number of urea groups is 1. The molecule has 10 nitrogen and oxygen atoms in total. The van der Waals surface area contributed by atoms with Gasteiger partial charge in [-0.25, -0.2) is 18.7 Å². The average Bonchev–Trinajstić information content (AvgIpc) is 3.62. The molecule has 2 aromatic carbocycles. The highest BCUT2D eigenvalue weighted by Crippen LogP contribution is 2.40. The first kappa shape index (κ1) is 23.1. The van der Waals surface area contributed by atoms with Crippen LogP contribution in [0, 0.1) is 5.82 Å². The molecule has 2 amide bonds. The van der Waals surface area contributed by atoms with Crippen LogP contribution in [-0.4, -0.2) is 48.3 Å². The summed E-state index contributed by atoms with van der Waals surface area (Å²) in [7, 11) is 4.47. The van der Waals surface area contributed by atoms with Gasteiger partial charge in [0.15, 0.2) is 17.3 Å². The number of carbonyl (C=O) groups excluding carboxylic acids is 1. The average molecular weight is 471 g/mol. The zero-order valence-electron chi connectivity index (χ0n) is 19.1. The van der Waals surface area contributed by atoms with Crippen LogP contribution in [0.4, 0.5) is 14.9 Å². The van der Waals surface area contributed by atoms with Crippen LogP contribution in [0.5, 0.6) is 17.2 Å². The summed E-state index contributed by atoms with van der Waals surface area (Å²) in [6.45, 7) is 0.343. The lowest BCUT2D eigenvalue weighted by molar-refractivity contribution is 0.251. The van der Waals surface area contributed by atoms with Gasteiger partial charge < -0.3 is 24.8 Å². The molecular weight excluding hydrogens is 445 g/mol. The first-order valence-electron chi connectivity index (χ1n) is 10.7. The maximum atomic E-state index is 13.3. The molecule has 2 N–H and O–H groups in total. The van der Waals surface area contributed by atoms with Crippen molar-refractivity contribution in [3.63, 3.8) is 0 Å². The van der Waals surface area contributed by atoms with Crippen LogP contribution in [0.1, 0.15) is 18.9 Å². The van der Waals surface area contributed by atoms with Gasteiger partial charge in [0.05, 0.1) is 33.6 Å². The maximum Gasteiger partial charge on any atom is 0.346 e. The molecule has 1 aliphatic rings. The van der Waals surface area contributed by atoms with Crippen molar-refractivity contribution in [3.8, 4) is 28.6 Å². The molecule has 0 spiro atoms. The number of carbonyl (C=O) groups is 1. The lowest BCUT2D eigenvalue weighted by atomic mass is 10.2. The van der Waals surface area contributed by atoms with E-state index in [1.165, 1.54) is 38.1 Å². The monoisotopic (exact) mass is 471 g/mol. The van der Waals surface area contributed by atoms with Crippen LogP contribution >= 0.6 is 0 Å². The molecule has 0 atom stereocenters. The number of nitrogens with zero attached hydrogens (tertiary/aromatic N) is 3. The molecule has 1 aliphatic carbocycles. The SMILES string of the molecule is COc1cc(NC(=O)NCCn2nc(-c3ccc(F)cc3)n(C3CC3)c2=O)cc(OC)c1OC. The molecule has 0 aliphatic heterocycles. The van der Waals surface area contributed by atoms with Gasteiger partial charge in [0, 0.05) is 30.3 Å². The van der Waals surface area contributed by atoms with Crippen LogP contribution < -0.4 is 30.5 Å². The normalized spacial score (nSPS) is 12.8. The molecule has 1 fully saturated rings. The molecule has 180 valence electrons. The summed E-state index contributed by atoms with van der Waals surface area (Å²) >= 11 is 0. The van der Waals surface area contributed by atoms with Gasteiger partial charge in [0.2, 0.25) is 5.75 Å². The second-order valence-electron chi connectivity index (χ2n) is 7.73. The van der Waals surface area contributed by atoms with Gasteiger partial charge in [-0.15, -0.1) is 5.10 Å². The number of hydrogen-bond donors (Lipinski definition) is 2. The smallest absolute Gasteiger partial charge is 0.346 e. The minimum absolute atomic E-state index is 0.0950. The van der Waals surface area contributed by atoms with Gasteiger partial charge in [-0.05, 0) is 37.1 Å². The van der Waals surface area contributed by atoms with E-state index >= 15 is 0 Å². The standard InChI is InChI=1S/C23H26FN5O5/c1-32-18-12-16(13-19(33-2)20(18)34-3)26-22(30)25-10-11-28-23(31)29(17-8-9-17)21(27-28)14-4-6-15(24)7-5-14/h4-7,12-13,17H,8-11H2,1-3H3,(H2,25,26,30). The van der Waals surface area contributed by atoms with Gasteiger partial charge in [0.1, 0.15) is 5.82 Å². The van der Waals surface area contributed by atoms with Crippen molar-refractivity contribution in [1.82, 2.24) is 19.7 Å². The van der Waals surface area contributed by atoms with Crippen molar-refractivity contribution in [2.75, 3.05) is 33.2 Å². The summed E-state index contributed by atoms with van der Waals surface area (Å²) in [6, 6.07) is 8.72. The quantitative estimate of drug-likeness (QED) is 0.497. The van der Waals surface area contributed by atoms with Gasteiger partial charge in [-0.1, -0.05) is 0 Å². The molecule has 1 heterocycles. The molecule has 1 aromatic heterocycles. The van der Waals surface area contributed by atoms with E-state index in [0.29, 0.717) is 34.3 Å². The van der Waals surface area contributed by atoms with Crippen molar-refractivity contribution in [2.45, 2.75) is 25.4 Å². The Labute approximate surface area is 195 Å². The summed E-state index contributed by atoms with van der Waals surface area (Å²) in [5.41, 5.74) is 0.853. The number of rotatable bonds is 9. The van der Waals surface area contributed by atoms with Gasteiger partial charge in [-0.2, -0.15) is 0 Å². The number of hydrogen-bond acceptors (Lipinski definition) is 6. The summed E-state index contributed by atoms with van der Waals surface area (Å²) in [4.78, 5) is 25.3. The number of methoxy groups -OCH3 is 3. The molecule has 34 heavy (non-hydrogen) atoms. The summed E-state index contributed by atoms with van der Waals surface area (Å²) in [5.74, 6) is 1.36. The fourth-order valence-electron chi connectivity index (χ4n) is 3.63. The van der Waals surface area contributed by atoms with Crippen molar-refractivity contribution in [3.05, 3.63) is 52.7 Å². The molecule has 0 radical (unpaired) electrons. The van der Waals surface area contributed by atoms with Crippen molar-refractivity contribution in [1.29, 1.82) is 0 Å². The van der Waals surface area contributed by atoms with Crippen LogP contribution in [0.2, 0.25) is 0 Å². The van der Waals surface area contributed by atoms with E-state index in [9.17, 15) is 14.0 Å². The largest absolute Gasteiger partial charge is 0.493 e. The number of halogens is 1. The first-order chi connectivity index (χ1) is 16.4. The second-order valence-corrected chi connectivity index (χ2v) is 7.73. The predicted molar refractivity (Wildman–Crippen MR) is 123 cm³/mol. The summed E-state index contributed by atoms with van der Waals surface area (Å²) in [5, 5.41) is 9.86. The van der Waals surface area contributed by atoms with Crippen molar-refractivity contribution >= 4 is 11.7 Å². The van der Waals surface area contributed by atoms with Crippen LogP contribution in [0.15, 0.2) is 41.2 Å². The third-order valence-corrected chi connectivity index (χ3v) is 5.42. The number of benzene rings is 2. The van der Waals surface area contributed by atoms with Crippen LogP contribution in [0.3, 0.4) is 0 Å². The van der Waals surface area contributed by atoms with E-state index in [1.54, 1.807) is 28.8 Å². The van der Waals surface area contributed by atoms with E-state index in [4.69, 9.17) is 14.2 Å². The Balaban J connectivity index is 1.43. The Morgan fingerprint density at radius 2 is 1.74 bits per heavy atom. The summed E-state index contributed by atoms with van der Waals surface area (Å²) in [6.07, 6.45) is 1.80. The molecule has 11 heteroatoms. The minimum atomic E-state index is -0.470. The Bertz CT molecular complexity index is 1210.